The highest BCUT2D eigenvalue weighted by molar-refractivity contribution is 6.24. The molecule has 0 spiro atoms. The largest absolute Gasteiger partial charge is 0.493 e. The highest BCUT2D eigenvalue weighted by Gasteiger charge is 2.48. The number of H-pyrrole nitrogens is 1. The number of benzene rings is 2. The molecule has 4 aliphatic rings. The average Bonchev–Trinajstić information content (AvgIpc) is 1.99. The lowest BCUT2D eigenvalue weighted by molar-refractivity contribution is -0.136. The fourth-order valence-electron chi connectivity index (χ4n) is 12.7. The number of aliphatic hydroxyl groups excluding tert-OH is 2. The molecule has 20 nitrogen and oxygen atoms in total. The monoisotopic (exact) mass is 1170 g/mol. The predicted octanol–water partition coefficient (Wildman–Crippen LogP) is 9.47. The third-order valence-electron chi connectivity index (χ3n) is 17.7. The van der Waals surface area contributed by atoms with Gasteiger partial charge < -0.3 is 39.9 Å². The number of aryl methyl sites for hydroxylation is 1. The molecule has 2 aromatic carbocycles. The molecule has 5 amide bonds. The molecule has 9 rings (SSSR count). The van der Waals surface area contributed by atoms with Crippen LogP contribution in [0.3, 0.4) is 0 Å². The Morgan fingerprint density at radius 3 is 2.29 bits per heavy atom. The van der Waals surface area contributed by atoms with Crippen LogP contribution in [0.4, 0.5) is 5.82 Å². The molecule has 2 saturated heterocycles. The van der Waals surface area contributed by atoms with Gasteiger partial charge in [-0.15, -0.1) is 0 Å². The molecule has 6 heterocycles. The maximum Gasteiger partial charge on any atom is 0.266 e. The summed E-state index contributed by atoms with van der Waals surface area (Å²) in [5.41, 5.74) is 4.63. The lowest BCUT2D eigenvalue weighted by atomic mass is 9.76. The molecule has 3 aliphatic heterocycles. The van der Waals surface area contributed by atoms with Crippen LogP contribution in [0.25, 0.3) is 22.1 Å². The van der Waals surface area contributed by atoms with Crippen molar-refractivity contribution in [2.24, 2.45) is 5.92 Å². The van der Waals surface area contributed by atoms with Crippen LogP contribution in [0.5, 0.6) is 5.75 Å². The van der Waals surface area contributed by atoms with Gasteiger partial charge in [-0.3, -0.25) is 39.1 Å². The summed E-state index contributed by atoms with van der Waals surface area (Å²) in [6.45, 7) is 13.0. The number of carbonyl (C=O) groups excluding carboxylic acids is 5. The first-order valence-electron chi connectivity index (χ1n) is 31.5. The van der Waals surface area contributed by atoms with E-state index in [2.05, 4.69) is 94.7 Å². The molecule has 1 aliphatic carbocycles. The number of carbonyl (C=O) groups is 5. The molecule has 458 valence electrons. The summed E-state index contributed by atoms with van der Waals surface area (Å²) in [7, 11) is 0. The first-order chi connectivity index (χ1) is 41.0. The zero-order valence-electron chi connectivity index (χ0n) is 50.5. The van der Waals surface area contributed by atoms with E-state index < -0.39 is 54.2 Å². The number of imidazole rings is 1. The van der Waals surface area contributed by atoms with Crippen molar-refractivity contribution in [3.05, 3.63) is 77.0 Å². The number of imide groups is 2. The van der Waals surface area contributed by atoms with Crippen LogP contribution in [-0.2, 0) is 31.0 Å². The van der Waals surface area contributed by atoms with E-state index in [-0.39, 0.29) is 41.3 Å². The van der Waals surface area contributed by atoms with Crippen molar-refractivity contribution in [2.75, 3.05) is 31.6 Å². The summed E-state index contributed by atoms with van der Waals surface area (Å²) in [5.74, 6) is 0.383. The molecular weight excluding hydrogens is 1080 g/mol. The summed E-state index contributed by atoms with van der Waals surface area (Å²) in [6.07, 6.45) is 19.7. The summed E-state index contributed by atoms with van der Waals surface area (Å²) in [4.78, 5) is 83.7. The minimum absolute atomic E-state index is 0.0726. The fraction of sp³-hybridized carbons (Fsp3) is 0.615. The first-order valence-corrected chi connectivity index (χ1v) is 31.5. The van der Waals surface area contributed by atoms with Gasteiger partial charge in [-0.2, -0.15) is 5.26 Å². The van der Waals surface area contributed by atoms with Crippen LogP contribution in [0.2, 0.25) is 0 Å². The molecule has 0 bridgehead atoms. The SMILES string of the molecule is CC(C)N(C[C@H]1O[C@@H](n2cc(C#N)c3c(NCCCCNC(=O)CCCCCCCCCCCCCCCOc4cccc5c4C(=O)N(C4CCC(=O)NC4=O)C5=O)ncnc32)[C@@H](O)[C@H]1O)C1CC(CCc2nc3ccc(C(C)(C)C)cc3[nH]2)C1. The van der Waals surface area contributed by atoms with Crippen molar-refractivity contribution in [3.63, 3.8) is 0 Å². The molecule has 3 aromatic heterocycles. The summed E-state index contributed by atoms with van der Waals surface area (Å²) >= 11 is 0. The van der Waals surface area contributed by atoms with E-state index in [4.69, 9.17) is 14.5 Å². The number of anilines is 1. The quantitative estimate of drug-likeness (QED) is 0.0173. The second-order valence-corrected chi connectivity index (χ2v) is 25.3. The van der Waals surface area contributed by atoms with Gasteiger partial charge in [-0.05, 0) is 106 Å². The van der Waals surface area contributed by atoms with E-state index in [1.54, 1.807) is 29.0 Å². The normalized spacial score (nSPS) is 21.5. The van der Waals surface area contributed by atoms with E-state index >= 15 is 0 Å². The Morgan fingerprint density at radius 2 is 1.60 bits per heavy atom. The van der Waals surface area contributed by atoms with Crippen molar-refractivity contribution in [3.8, 4) is 11.8 Å². The number of fused-ring (bicyclic) bond motifs is 3. The molecule has 5 aromatic rings. The van der Waals surface area contributed by atoms with Gasteiger partial charge in [0.25, 0.3) is 11.8 Å². The molecule has 5 atom stereocenters. The van der Waals surface area contributed by atoms with E-state index in [1.165, 1.54) is 50.4 Å². The fourth-order valence-corrected chi connectivity index (χ4v) is 12.7. The maximum atomic E-state index is 13.3. The number of unbranched alkanes of at least 4 members (excludes halogenated alkanes) is 13. The molecular formula is C65H89N11O9. The Bertz CT molecular complexity index is 3170. The van der Waals surface area contributed by atoms with Gasteiger partial charge in [0.2, 0.25) is 17.7 Å². The number of nitrogens with one attached hydrogen (secondary N) is 4. The van der Waals surface area contributed by atoms with Gasteiger partial charge in [0.1, 0.15) is 59.8 Å². The standard InChI is InChI=1S/C65H89N11O9/c1-41(2)74(45-34-42(35-45)25-29-52-71-47-27-26-44(65(3,4)5)36-48(47)72-52)39-51-57(79)58(80)64(85-51)75-38-43(37-66)55-59(69-40-70-60(55)75)68-32-19-18-31-67-53(77)24-17-15-13-11-9-7-6-8-10-12-14-16-20-33-84-50-23-21-22-46-56(50)63(83)76(62(46)82)49-28-30-54(78)73-61(49)81/h21-23,26-27,36,38,40-42,45,49,51,57-58,64,79-80H,6-20,24-25,28-35,39H2,1-5H3,(H,67,77)(H,71,72)(H,68,69,70)(H,73,78,81)/t42?,45?,49?,51-,57+,58+,64-/m1/s1. The number of amides is 5. The van der Waals surface area contributed by atoms with Crippen molar-refractivity contribution in [1.29, 1.82) is 5.26 Å². The zero-order chi connectivity index (χ0) is 60.2. The van der Waals surface area contributed by atoms with Crippen molar-refractivity contribution in [1.82, 2.24) is 44.9 Å². The lowest BCUT2D eigenvalue weighted by Gasteiger charge is -2.46. The minimum atomic E-state index is -1.23. The third-order valence-corrected chi connectivity index (χ3v) is 17.7. The number of rotatable bonds is 32. The van der Waals surface area contributed by atoms with E-state index in [0.717, 1.165) is 105 Å². The van der Waals surface area contributed by atoms with Crippen LogP contribution in [0, 0.1) is 17.2 Å². The highest BCUT2D eigenvalue weighted by atomic mass is 16.6. The lowest BCUT2D eigenvalue weighted by Crippen LogP contribution is -2.54. The Morgan fingerprint density at radius 1 is 0.894 bits per heavy atom. The molecule has 3 fully saturated rings. The molecule has 20 heteroatoms. The van der Waals surface area contributed by atoms with Gasteiger partial charge in [0, 0.05) is 57.2 Å². The van der Waals surface area contributed by atoms with E-state index in [1.807, 2.05) is 0 Å². The number of nitriles is 1. The van der Waals surface area contributed by atoms with Gasteiger partial charge in [-0.1, -0.05) is 104 Å². The maximum absolute atomic E-state index is 13.3. The first kappa shape index (κ1) is 62.7. The van der Waals surface area contributed by atoms with Crippen molar-refractivity contribution >= 4 is 57.4 Å². The van der Waals surface area contributed by atoms with Gasteiger partial charge in [0.05, 0.1) is 39.7 Å². The minimum Gasteiger partial charge on any atom is -0.493 e. The smallest absolute Gasteiger partial charge is 0.266 e. The summed E-state index contributed by atoms with van der Waals surface area (Å²) < 4.78 is 14.1. The second-order valence-electron chi connectivity index (χ2n) is 25.3. The van der Waals surface area contributed by atoms with Gasteiger partial charge in [-0.25, -0.2) is 15.0 Å². The third kappa shape index (κ3) is 15.4. The Balaban J connectivity index is 0.592. The number of aliphatic hydroxyl groups is 2. The number of nitrogens with zero attached hydrogens (tertiary/aromatic N) is 7. The van der Waals surface area contributed by atoms with Crippen LogP contribution in [-0.4, -0.2) is 137 Å². The molecule has 0 radical (unpaired) electrons. The zero-order valence-corrected chi connectivity index (χ0v) is 50.5. The predicted molar refractivity (Wildman–Crippen MR) is 324 cm³/mol. The van der Waals surface area contributed by atoms with Crippen molar-refractivity contribution < 1.29 is 43.7 Å². The van der Waals surface area contributed by atoms with Crippen LogP contribution in [0.15, 0.2) is 48.9 Å². The number of ether oxygens (including phenoxy) is 2. The Kier molecular flexibility index (Phi) is 21.5. The van der Waals surface area contributed by atoms with Crippen molar-refractivity contribution in [2.45, 2.75) is 224 Å². The average molecular weight is 1170 g/mol. The summed E-state index contributed by atoms with van der Waals surface area (Å²) in [6, 6.07) is 13.2. The molecule has 85 heavy (non-hydrogen) atoms. The molecule has 1 unspecified atom stereocenters. The number of hydrogen-bond acceptors (Lipinski definition) is 15. The molecule has 6 N–H and O–H groups in total. The number of piperidine rings is 1. The van der Waals surface area contributed by atoms with E-state index in [9.17, 15) is 39.4 Å². The highest BCUT2D eigenvalue weighted by Crippen LogP contribution is 2.40. The number of aromatic nitrogens is 5. The van der Waals surface area contributed by atoms with Crippen LogP contribution >= 0.6 is 0 Å². The second kappa shape index (κ2) is 29.1. The van der Waals surface area contributed by atoms with Gasteiger partial charge in [0.15, 0.2) is 6.23 Å². The van der Waals surface area contributed by atoms with Crippen LogP contribution in [0.1, 0.15) is 213 Å². The molecule has 1 saturated carbocycles. The Labute approximate surface area is 499 Å². The summed E-state index contributed by atoms with van der Waals surface area (Å²) in [5, 5.41) is 42.2. The number of hydrogen-bond donors (Lipinski definition) is 6. The topological polar surface area (TPSA) is 270 Å². The van der Waals surface area contributed by atoms with Gasteiger partial charge >= 0.3 is 0 Å². The number of aromatic amines is 1. The van der Waals surface area contributed by atoms with E-state index in [0.29, 0.717) is 72.8 Å². The Hall–Kier alpha value is -6.79. The van der Waals surface area contributed by atoms with Crippen LogP contribution < -0.4 is 20.7 Å².